The molecule has 0 heteroatoms. The Kier molecular flexibility index (Phi) is 3.05. The molecule has 1 aromatic carbocycles. The predicted octanol–water partition coefficient (Wildman–Crippen LogP) is 3.56. The van der Waals surface area contributed by atoms with Gasteiger partial charge in [0, 0.05) is 11.1 Å². The van der Waals surface area contributed by atoms with E-state index in [0.717, 1.165) is 12.0 Å². The second-order valence-corrected chi connectivity index (χ2v) is 3.87. The highest BCUT2D eigenvalue weighted by molar-refractivity contribution is 5.42. The lowest BCUT2D eigenvalue weighted by molar-refractivity contribution is 0.721. The monoisotopic (exact) mass is 194 g/mol. The molecule has 1 aromatic rings. The van der Waals surface area contributed by atoms with Crippen LogP contribution < -0.4 is 0 Å². The molecule has 1 aliphatic carbocycles. The van der Waals surface area contributed by atoms with Gasteiger partial charge in [-0.1, -0.05) is 55.2 Å². The Morgan fingerprint density at radius 1 is 1.13 bits per heavy atom. The Hall–Kier alpha value is -1.74. The zero-order chi connectivity index (χ0) is 10.5. The average molecular weight is 194 g/mol. The van der Waals surface area contributed by atoms with Crippen molar-refractivity contribution in [3.8, 4) is 11.8 Å². The van der Waals surface area contributed by atoms with E-state index in [9.17, 15) is 0 Å². The SMILES string of the molecule is CC1C=CC=C(C#Cc2ccccc2)C1. The van der Waals surface area contributed by atoms with Crippen molar-refractivity contribution in [1.82, 2.24) is 0 Å². The molecule has 0 nitrogen and oxygen atoms in total. The maximum absolute atomic E-state index is 3.23. The van der Waals surface area contributed by atoms with Gasteiger partial charge in [-0.2, -0.15) is 0 Å². The molecule has 0 bridgehead atoms. The summed E-state index contributed by atoms with van der Waals surface area (Å²) in [5, 5.41) is 0. The van der Waals surface area contributed by atoms with E-state index in [1.807, 2.05) is 30.3 Å². The van der Waals surface area contributed by atoms with Crippen LogP contribution in [-0.4, -0.2) is 0 Å². The van der Waals surface area contributed by atoms with Crippen molar-refractivity contribution in [2.75, 3.05) is 0 Å². The van der Waals surface area contributed by atoms with Gasteiger partial charge in [-0.25, -0.2) is 0 Å². The third kappa shape index (κ3) is 2.86. The van der Waals surface area contributed by atoms with Crippen molar-refractivity contribution in [1.29, 1.82) is 0 Å². The highest BCUT2D eigenvalue weighted by atomic mass is 14.1. The Morgan fingerprint density at radius 3 is 2.67 bits per heavy atom. The lowest BCUT2D eigenvalue weighted by Gasteiger charge is -2.08. The van der Waals surface area contributed by atoms with E-state index < -0.39 is 0 Å². The lowest BCUT2D eigenvalue weighted by Crippen LogP contribution is -1.95. The van der Waals surface area contributed by atoms with Crippen molar-refractivity contribution in [3.05, 3.63) is 59.7 Å². The smallest absolute Gasteiger partial charge is 0.0248 e. The minimum atomic E-state index is 0.620. The minimum Gasteiger partial charge on any atom is -0.0813 e. The van der Waals surface area contributed by atoms with Gasteiger partial charge in [-0.3, -0.25) is 0 Å². The highest BCUT2D eigenvalue weighted by Crippen LogP contribution is 2.16. The summed E-state index contributed by atoms with van der Waals surface area (Å²) in [4.78, 5) is 0. The summed E-state index contributed by atoms with van der Waals surface area (Å²) >= 11 is 0. The maximum atomic E-state index is 3.23. The first-order chi connectivity index (χ1) is 7.34. The normalized spacial score (nSPS) is 19.0. The van der Waals surface area contributed by atoms with Crippen LogP contribution in [-0.2, 0) is 0 Å². The number of rotatable bonds is 0. The topological polar surface area (TPSA) is 0 Å². The molecule has 2 rings (SSSR count). The largest absolute Gasteiger partial charge is 0.0813 e. The van der Waals surface area contributed by atoms with Crippen LogP contribution in [0.4, 0.5) is 0 Å². The number of allylic oxidation sites excluding steroid dienone is 4. The fourth-order valence-corrected chi connectivity index (χ4v) is 1.61. The first-order valence-corrected chi connectivity index (χ1v) is 5.29. The zero-order valence-corrected chi connectivity index (χ0v) is 8.90. The van der Waals surface area contributed by atoms with E-state index in [-0.39, 0.29) is 0 Å². The molecule has 0 amide bonds. The molecule has 0 heterocycles. The average Bonchev–Trinajstić information content (AvgIpc) is 2.28. The molecule has 74 valence electrons. The second-order valence-electron chi connectivity index (χ2n) is 3.87. The van der Waals surface area contributed by atoms with E-state index in [1.54, 1.807) is 0 Å². The van der Waals surface area contributed by atoms with Crippen LogP contribution in [0.3, 0.4) is 0 Å². The van der Waals surface area contributed by atoms with Gasteiger partial charge in [0.1, 0.15) is 0 Å². The van der Waals surface area contributed by atoms with Gasteiger partial charge in [0.2, 0.25) is 0 Å². The van der Waals surface area contributed by atoms with Crippen molar-refractivity contribution in [2.24, 2.45) is 5.92 Å². The molecule has 0 aromatic heterocycles. The molecule has 0 radical (unpaired) electrons. The van der Waals surface area contributed by atoms with E-state index in [1.165, 1.54) is 5.57 Å². The Bertz CT molecular complexity index is 438. The van der Waals surface area contributed by atoms with E-state index in [0.29, 0.717) is 5.92 Å². The van der Waals surface area contributed by atoms with Crippen LogP contribution in [0.15, 0.2) is 54.1 Å². The van der Waals surface area contributed by atoms with E-state index >= 15 is 0 Å². The van der Waals surface area contributed by atoms with Crippen molar-refractivity contribution in [2.45, 2.75) is 13.3 Å². The summed E-state index contributed by atoms with van der Waals surface area (Å²) in [6.45, 7) is 2.22. The number of hydrogen-bond donors (Lipinski definition) is 0. The quantitative estimate of drug-likeness (QED) is 0.554. The van der Waals surface area contributed by atoms with Gasteiger partial charge < -0.3 is 0 Å². The van der Waals surface area contributed by atoms with Crippen LogP contribution in [0.2, 0.25) is 0 Å². The van der Waals surface area contributed by atoms with Gasteiger partial charge in [0.05, 0.1) is 0 Å². The van der Waals surface area contributed by atoms with Gasteiger partial charge in [0.25, 0.3) is 0 Å². The second kappa shape index (κ2) is 4.66. The molecule has 0 N–H and O–H groups in total. The lowest BCUT2D eigenvalue weighted by atomic mass is 9.96. The van der Waals surface area contributed by atoms with Gasteiger partial charge in [-0.15, -0.1) is 0 Å². The van der Waals surface area contributed by atoms with Crippen LogP contribution in [0.1, 0.15) is 18.9 Å². The summed E-state index contributed by atoms with van der Waals surface area (Å²) < 4.78 is 0. The molecule has 1 aliphatic rings. The van der Waals surface area contributed by atoms with E-state index in [2.05, 4.69) is 37.0 Å². The summed E-state index contributed by atoms with van der Waals surface area (Å²) in [7, 11) is 0. The highest BCUT2D eigenvalue weighted by Gasteiger charge is 2.03. The van der Waals surface area contributed by atoms with Crippen molar-refractivity contribution < 1.29 is 0 Å². The molecular formula is C15H14. The predicted molar refractivity (Wildman–Crippen MR) is 64.3 cm³/mol. The minimum absolute atomic E-state index is 0.620. The first kappa shape index (κ1) is 9.80. The fraction of sp³-hybridized carbons (Fsp3) is 0.200. The summed E-state index contributed by atoms with van der Waals surface area (Å²) in [6, 6.07) is 10.1. The fourth-order valence-electron chi connectivity index (χ4n) is 1.61. The van der Waals surface area contributed by atoms with Crippen molar-refractivity contribution >= 4 is 0 Å². The molecule has 1 atom stereocenters. The van der Waals surface area contributed by atoms with Crippen LogP contribution >= 0.6 is 0 Å². The molecule has 1 unspecified atom stereocenters. The molecule has 0 spiro atoms. The summed E-state index contributed by atoms with van der Waals surface area (Å²) in [5.41, 5.74) is 2.31. The summed E-state index contributed by atoms with van der Waals surface area (Å²) in [6.07, 6.45) is 7.49. The third-order valence-electron chi connectivity index (χ3n) is 2.42. The van der Waals surface area contributed by atoms with Crippen LogP contribution in [0, 0.1) is 17.8 Å². The summed E-state index contributed by atoms with van der Waals surface area (Å²) in [5.74, 6) is 7.03. The Morgan fingerprint density at radius 2 is 1.93 bits per heavy atom. The zero-order valence-electron chi connectivity index (χ0n) is 8.90. The van der Waals surface area contributed by atoms with Crippen molar-refractivity contribution in [3.63, 3.8) is 0 Å². The number of benzene rings is 1. The molecule has 0 saturated heterocycles. The molecule has 0 aliphatic heterocycles. The standard InChI is InChI=1S/C15H14/c1-13-6-5-9-15(12-13)11-10-14-7-3-2-4-8-14/h2-9,13H,12H2,1H3. The maximum Gasteiger partial charge on any atom is 0.0248 e. The van der Waals surface area contributed by atoms with Crippen LogP contribution in [0.25, 0.3) is 0 Å². The van der Waals surface area contributed by atoms with E-state index in [4.69, 9.17) is 0 Å². The molecular weight excluding hydrogens is 180 g/mol. The molecule has 0 saturated carbocycles. The number of hydrogen-bond acceptors (Lipinski definition) is 0. The molecule has 0 fully saturated rings. The first-order valence-electron chi connectivity index (χ1n) is 5.29. The Balaban J connectivity index is 2.13. The molecule has 15 heavy (non-hydrogen) atoms. The van der Waals surface area contributed by atoms with Gasteiger partial charge >= 0.3 is 0 Å². The van der Waals surface area contributed by atoms with Gasteiger partial charge in [0.15, 0.2) is 0 Å². The third-order valence-corrected chi connectivity index (χ3v) is 2.42. The van der Waals surface area contributed by atoms with Crippen LogP contribution in [0.5, 0.6) is 0 Å². The Labute approximate surface area is 91.3 Å². The van der Waals surface area contributed by atoms with Gasteiger partial charge in [-0.05, 0) is 24.5 Å².